The minimum absolute atomic E-state index is 0.163. The van der Waals surface area contributed by atoms with Crippen LogP contribution >= 0.6 is 0 Å². The van der Waals surface area contributed by atoms with Crippen LogP contribution in [0.5, 0.6) is 0 Å². The fourth-order valence-corrected chi connectivity index (χ4v) is 3.44. The van der Waals surface area contributed by atoms with Crippen molar-refractivity contribution in [1.29, 1.82) is 0 Å². The van der Waals surface area contributed by atoms with Gasteiger partial charge >= 0.3 is 5.97 Å². The van der Waals surface area contributed by atoms with Crippen LogP contribution in [0.1, 0.15) is 0 Å². The summed E-state index contributed by atoms with van der Waals surface area (Å²) in [4.78, 5) is 20.2. The van der Waals surface area contributed by atoms with E-state index in [4.69, 9.17) is 5.11 Å². The molecule has 1 N–H and O–H groups in total. The molecule has 0 unspecified atom stereocenters. The fraction of sp³-hybridized carbons (Fsp3) is 0.300. The quantitative estimate of drug-likeness (QED) is 0.628. The smallest absolute Gasteiger partial charge is 0.309 e. The highest BCUT2D eigenvalue weighted by Gasteiger charge is 2.42. The Kier molecular flexibility index (Phi) is 3.25. The molecule has 0 saturated carbocycles. The highest BCUT2D eigenvalue weighted by atomic mass is 32.2. The van der Waals surface area contributed by atoms with Gasteiger partial charge in [-0.15, -0.1) is 0 Å². The van der Waals surface area contributed by atoms with Gasteiger partial charge in [-0.2, -0.15) is 4.31 Å². The molecule has 1 aromatic carbocycles. The Hall–Kier alpha value is -2.00. The van der Waals surface area contributed by atoms with Crippen molar-refractivity contribution in [3.8, 4) is 0 Å². The summed E-state index contributed by atoms with van der Waals surface area (Å²) >= 11 is 0. The number of nitro groups is 1. The molecule has 1 aliphatic rings. The van der Waals surface area contributed by atoms with E-state index in [1.165, 1.54) is 12.1 Å². The van der Waals surface area contributed by atoms with E-state index in [1.54, 1.807) is 0 Å². The van der Waals surface area contributed by atoms with E-state index >= 15 is 0 Å². The molecule has 0 spiro atoms. The molecule has 1 aliphatic heterocycles. The molecule has 1 fully saturated rings. The van der Waals surface area contributed by atoms with E-state index < -0.39 is 37.4 Å². The van der Waals surface area contributed by atoms with Crippen LogP contribution in [0.25, 0.3) is 0 Å². The van der Waals surface area contributed by atoms with Crippen LogP contribution in [0.4, 0.5) is 5.69 Å². The number of nitro benzene ring substituents is 1. The summed E-state index contributed by atoms with van der Waals surface area (Å²) in [6.45, 7) is -0.326. The number of carboxylic acids is 1. The summed E-state index contributed by atoms with van der Waals surface area (Å²) in [5.74, 6) is -1.83. The first kappa shape index (κ1) is 13.4. The molecule has 8 nitrogen and oxygen atoms in total. The molecule has 1 aromatic rings. The number of nitrogens with zero attached hydrogens (tertiary/aromatic N) is 2. The van der Waals surface area contributed by atoms with Crippen molar-refractivity contribution >= 4 is 21.7 Å². The van der Waals surface area contributed by atoms with E-state index in [2.05, 4.69) is 0 Å². The van der Waals surface area contributed by atoms with Crippen molar-refractivity contribution in [1.82, 2.24) is 4.31 Å². The lowest BCUT2D eigenvalue weighted by molar-refractivity contribution is -0.387. The summed E-state index contributed by atoms with van der Waals surface area (Å²) in [6, 6.07) is 4.99. The van der Waals surface area contributed by atoms with Gasteiger partial charge in [0.2, 0.25) is 10.0 Å². The summed E-state index contributed by atoms with van der Waals surface area (Å²) in [5, 5.41) is 19.5. The standard InChI is InChI=1S/C10H10N2O6S/c13-10(14)7-5-11(6-7)19(17,18)9-4-2-1-3-8(9)12(15)16/h1-4,7H,5-6H2,(H,13,14). The molecule has 0 aliphatic carbocycles. The average Bonchev–Trinajstić information content (AvgIpc) is 2.25. The van der Waals surface area contributed by atoms with Gasteiger partial charge in [-0.25, -0.2) is 8.42 Å². The summed E-state index contributed by atoms with van der Waals surface area (Å²) < 4.78 is 25.2. The molecule has 0 atom stereocenters. The van der Waals surface area contributed by atoms with Gasteiger partial charge in [-0.1, -0.05) is 12.1 Å². The Morgan fingerprint density at radius 1 is 1.37 bits per heavy atom. The molecule has 19 heavy (non-hydrogen) atoms. The van der Waals surface area contributed by atoms with Crippen molar-refractivity contribution < 1.29 is 23.2 Å². The summed E-state index contributed by atoms with van der Waals surface area (Å²) in [6.07, 6.45) is 0. The lowest BCUT2D eigenvalue weighted by Crippen LogP contribution is -2.52. The van der Waals surface area contributed by atoms with Crippen LogP contribution in [-0.2, 0) is 14.8 Å². The second kappa shape index (κ2) is 4.59. The zero-order valence-corrected chi connectivity index (χ0v) is 10.4. The van der Waals surface area contributed by atoms with Gasteiger partial charge in [0.1, 0.15) is 0 Å². The zero-order chi connectivity index (χ0) is 14.2. The topological polar surface area (TPSA) is 118 Å². The maximum atomic E-state index is 12.1. The third-order valence-electron chi connectivity index (χ3n) is 2.88. The monoisotopic (exact) mass is 286 g/mol. The molecule has 1 heterocycles. The highest BCUT2D eigenvalue weighted by molar-refractivity contribution is 7.89. The van der Waals surface area contributed by atoms with E-state index in [-0.39, 0.29) is 13.1 Å². The number of carbonyl (C=O) groups is 1. The largest absolute Gasteiger partial charge is 0.481 e. The first-order valence-corrected chi connectivity index (χ1v) is 6.74. The summed E-state index contributed by atoms with van der Waals surface area (Å²) in [7, 11) is -4.02. The number of hydrogen-bond acceptors (Lipinski definition) is 5. The van der Waals surface area contributed by atoms with Crippen LogP contribution in [0.15, 0.2) is 29.2 Å². The van der Waals surface area contributed by atoms with Crippen LogP contribution in [-0.4, -0.2) is 41.8 Å². The molecule has 9 heteroatoms. The Morgan fingerprint density at radius 3 is 2.47 bits per heavy atom. The molecule has 0 radical (unpaired) electrons. The van der Waals surface area contributed by atoms with Crippen molar-refractivity contribution in [2.24, 2.45) is 5.92 Å². The van der Waals surface area contributed by atoms with Gasteiger partial charge < -0.3 is 5.11 Å². The number of aliphatic carboxylic acids is 1. The Labute approximate surface area is 108 Å². The van der Waals surface area contributed by atoms with E-state index in [1.807, 2.05) is 0 Å². The number of benzene rings is 1. The van der Waals surface area contributed by atoms with E-state index in [0.29, 0.717) is 0 Å². The maximum absolute atomic E-state index is 12.1. The molecule has 0 aromatic heterocycles. The number of rotatable bonds is 4. The second-order valence-electron chi connectivity index (χ2n) is 4.08. The lowest BCUT2D eigenvalue weighted by Gasteiger charge is -2.35. The van der Waals surface area contributed by atoms with Crippen LogP contribution < -0.4 is 0 Å². The zero-order valence-electron chi connectivity index (χ0n) is 9.59. The molecular formula is C10H10N2O6S. The Morgan fingerprint density at radius 2 is 1.95 bits per heavy atom. The van der Waals surface area contributed by atoms with Gasteiger partial charge in [0, 0.05) is 19.2 Å². The first-order chi connectivity index (χ1) is 8.84. The summed E-state index contributed by atoms with van der Waals surface area (Å²) in [5.41, 5.74) is -0.513. The SMILES string of the molecule is O=C(O)C1CN(S(=O)(=O)c2ccccc2[N+](=O)[O-])C1. The minimum atomic E-state index is -4.02. The van der Waals surface area contributed by atoms with Gasteiger partial charge in [0.05, 0.1) is 10.8 Å². The number of para-hydroxylation sites is 1. The predicted octanol–water partition coefficient (Wildman–Crippen LogP) is 0.300. The van der Waals surface area contributed by atoms with E-state index in [0.717, 1.165) is 16.4 Å². The van der Waals surface area contributed by atoms with Crippen molar-refractivity contribution in [3.63, 3.8) is 0 Å². The predicted molar refractivity (Wildman–Crippen MR) is 63.0 cm³/mol. The van der Waals surface area contributed by atoms with Crippen molar-refractivity contribution in [2.75, 3.05) is 13.1 Å². The second-order valence-corrected chi connectivity index (χ2v) is 5.99. The number of hydrogen-bond donors (Lipinski definition) is 1. The lowest BCUT2D eigenvalue weighted by atomic mass is 10.0. The Bertz CT molecular complexity index is 635. The van der Waals surface area contributed by atoms with Gasteiger partial charge in [0.25, 0.3) is 5.69 Å². The average molecular weight is 286 g/mol. The maximum Gasteiger partial charge on any atom is 0.309 e. The highest BCUT2D eigenvalue weighted by Crippen LogP contribution is 2.30. The van der Waals surface area contributed by atoms with Gasteiger partial charge in [-0.05, 0) is 6.07 Å². The first-order valence-electron chi connectivity index (χ1n) is 5.30. The van der Waals surface area contributed by atoms with Crippen molar-refractivity contribution in [3.05, 3.63) is 34.4 Å². The fourth-order valence-electron chi connectivity index (χ4n) is 1.76. The molecule has 1 saturated heterocycles. The molecular weight excluding hydrogens is 276 g/mol. The van der Waals surface area contributed by atoms with Gasteiger partial charge in [-0.3, -0.25) is 14.9 Å². The van der Waals surface area contributed by atoms with Crippen LogP contribution in [0.3, 0.4) is 0 Å². The van der Waals surface area contributed by atoms with Gasteiger partial charge in [0.15, 0.2) is 4.90 Å². The minimum Gasteiger partial charge on any atom is -0.481 e. The van der Waals surface area contributed by atoms with Crippen LogP contribution in [0, 0.1) is 16.0 Å². The third kappa shape index (κ3) is 2.29. The Balaban J connectivity index is 2.32. The van der Waals surface area contributed by atoms with Crippen LogP contribution in [0.2, 0.25) is 0 Å². The normalized spacial score (nSPS) is 16.8. The van der Waals surface area contributed by atoms with Crippen molar-refractivity contribution in [2.45, 2.75) is 4.90 Å². The number of carboxylic acid groups (broad SMARTS) is 1. The molecule has 2 rings (SSSR count). The molecule has 102 valence electrons. The third-order valence-corrected chi connectivity index (χ3v) is 4.76. The van der Waals surface area contributed by atoms with E-state index in [9.17, 15) is 23.3 Å². The number of sulfonamides is 1. The molecule has 0 amide bonds. The molecule has 0 bridgehead atoms.